The first-order valence-electron chi connectivity index (χ1n) is 7.64. The molecule has 0 N–H and O–H groups in total. The predicted octanol–water partition coefficient (Wildman–Crippen LogP) is 2.90. The van der Waals surface area contributed by atoms with Gasteiger partial charge < -0.3 is 9.30 Å². The number of methoxy groups -OCH3 is 1. The number of aryl methyl sites for hydroxylation is 1. The summed E-state index contributed by atoms with van der Waals surface area (Å²) in [5, 5.41) is 0. The molecule has 21 heavy (non-hydrogen) atoms. The van der Waals surface area contributed by atoms with E-state index in [4.69, 9.17) is 9.72 Å². The number of ether oxygens (including phenoxy) is 1. The summed E-state index contributed by atoms with van der Waals surface area (Å²) in [6.07, 6.45) is 8.05. The number of carbonyl (C=O) groups excluding carboxylic acids is 1. The zero-order valence-corrected chi connectivity index (χ0v) is 12.6. The van der Waals surface area contributed by atoms with Crippen molar-refractivity contribution >= 4 is 17.0 Å². The number of rotatable bonds is 4. The Bertz CT molecular complexity index is 644. The molecule has 5 nitrogen and oxygen atoms in total. The third-order valence-corrected chi connectivity index (χ3v) is 4.50. The number of carbonyl (C=O) groups is 1. The van der Waals surface area contributed by atoms with Crippen LogP contribution < -0.4 is 0 Å². The minimum atomic E-state index is -0.259. The molecule has 0 saturated heterocycles. The molecule has 1 saturated carbocycles. The summed E-state index contributed by atoms with van der Waals surface area (Å²) in [5.41, 5.74) is 1.88. The summed E-state index contributed by atoms with van der Waals surface area (Å²) >= 11 is 0. The molecule has 3 rings (SSSR count). The Morgan fingerprint density at radius 2 is 2.24 bits per heavy atom. The first-order chi connectivity index (χ1) is 10.3. The summed E-state index contributed by atoms with van der Waals surface area (Å²) in [5.74, 6) is 0.747. The topological polar surface area (TPSA) is 57.0 Å². The average molecular weight is 287 g/mol. The molecule has 0 bridgehead atoms. The van der Waals surface area contributed by atoms with E-state index in [1.807, 2.05) is 6.07 Å². The molecular formula is C16H21N3O2. The second-order valence-corrected chi connectivity index (χ2v) is 5.62. The highest BCUT2D eigenvalue weighted by molar-refractivity contribution is 5.81. The standard InChI is InChI=1S/C16H21N3O2/c1-3-19-13-8-9-17-10-12(13)18-15(19)14(16(20)21-2)11-6-4-5-7-11/h8-11,14H,3-7H2,1-2H3. The van der Waals surface area contributed by atoms with Crippen LogP contribution in [-0.4, -0.2) is 27.6 Å². The second-order valence-electron chi connectivity index (χ2n) is 5.62. The molecule has 1 aliphatic carbocycles. The van der Waals surface area contributed by atoms with Crippen LogP contribution in [0, 0.1) is 5.92 Å². The Balaban J connectivity index is 2.11. The Morgan fingerprint density at radius 3 is 2.90 bits per heavy atom. The molecule has 2 aromatic heterocycles. The highest BCUT2D eigenvalue weighted by atomic mass is 16.5. The molecule has 0 spiro atoms. The molecule has 112 valence electrons. The zero-order chi connectivity index (χ0) is 14.8. The minimum Gasteiger partial charge on any atom is -0.468 e. The van der Waals surface area contributed by atoms with Crippen molar-refractivity contribution in [3.63, 3.8) is 0 Å². The monoisotopic (exact) mass is 287 g/mol. The van der Waals surface area contributed by atoms with Crippen molar-refractivity contribution in [3.05, 3.63) is 24.3 Å². The lowest BCUT2D eigenvalue weighted by molar-refractivity contribution is -0.144. The molecule has 0 amide bonds. The highest BCUT2D eigenvalue weighted by Gasteiger charge is 2.36. The molecule has 1 aliphatic rings. The van der Waals surface area contributed by atoms with Gasteiger partial charge in [-0.25, -0.2) is 4.98 Å². The van der Waals surface area contributed by atoms with Crippen molar-refractivity contribution in [2.45, 2.75) is 45.1 Å². The van der Waals surface area contributed by atoms with Gasteiger partial charge in [0.1, 0.15) is 17.3 Å². The third kappa shape index (κ3) is 2.41. The van der Waals surface area contributed by atoms with Gasteiger partial charge in [0.2, 0.25) is 0 Å². The van der Waals surface area contributed by atoms with Crippen molar-refractivity contribution in [2.24, 2.45) is 5.92 Å². The van der Waals surface area contributed by atoms with E-state index in [0.29, 0.717) is 5.92 Å². The lowest BCUT2D eigenvalue weighted by Crippen LogP contribution is -2.25. The molecule has 1 fully saturated rings. The Kier molecular flexibility index (Phi) is 3.90. The Morgan fingerprint density at radius 1 is 1.48 bits per heavy atom. The van der Waals surface area contributed by atoms with Gasteiger partial charge in [-0.1, -0.05) is 12.8 Å². The van der Waals surface area contributed by atoms with Crippen molar-refractivity contribution in [1.82, 2.24) is 14.5 Å². The van der Waals surface area contributed by atoms with Crippen LogP contribution >= 0.6 is 0 Å². The molecule has 1 atom stereocenters. The molecular weight excluding hydrogens is 266 g/mol. The van der Waals surface area contributed by atoms with Crippen LogP contribution in [0.15, 0.2) is 18.5 Å². The van der Waals surface area contributed by atoms with E-state index in [1.54, 1.807) is 12.4 Å². The number of esters is 1. The molecule has 1 unspecified atom stereocenters. The van der Waals surface area contributed by atoms with Crippen LogP contribution in [0.25, 0.3) is 11.0 Å². The van der Waals surface area contributed by atoms with Crippen LogP contribution in [0.1, 0.15) is 44.3 Å². The van der Waals surface area contributed by atoms with Gasteiger partial charge in [0.25, 0.3) is 0 Å². The maximum absolute atomic E-state index is 12.4. The number of fused-ring (bicyclic) bond motifs is 1. The van der Waals surface area contributed by atoms with Gasteiger partial charge in [0, 0.05) is 12.7 Å². The molecule has 2 heterocycles. The van der Waals surface area contributed by atoms with Crippen LogP contribution in [0.2, 0.25) is 0 Å². The number of hydrogen-bond acceptors (Lipinski definition) is 4. The normalized spacial score (nSPS) is 17.2. The van der Waals surface area contributed by atoms with Crippen molar-refractivity contribution < 1.29 is 9.53 Å². The van der Waals surface area contributed by atoms with E-state index < -0.39 is 0 Å². The van der Waals surface area contributed by atoms with Crippen LogP contribution in [0.5, 0.6) is 0 Å². The molecule has 5 heteroatoms. The van der Waals surface area contributed by atoms with Crippen molar-refractivity contribution in [3.8, 4) is 0 Å². The second kappa shape index (κ2) is 5.84. The minimum absolute atomic E-state index is 0.167. The quantitative estimate of drug-likeness (QED) is 0.811. The number of nitrogens with zero attached hydrogens (tertiary/aromatic N) is 3. The van der Waals surface area contributed by atoms with Crippen LogP contribution in [-0.2, 0) is 16.1 Å². The van der Waals surface area contributed by atoms with Gasteiger partial charge in [-0.3, -0.25) is 9.78 Å². The van der Waals surface area contributed by atoms with Crippen LogP contribution in [0.3, 0.4) is 0 Å². The maximum atomic E-state index is 12.4. The number of pyridine rings is 1. The fourth-order valence-corrected chi connectivity index (χ4v) is 3.50. The van der Waals surface area contributed by atoms with Gasteiger partial charge >= 0.3 is 5.97 Å². The van der Waals surface area contributed by atoms with E-state index in [-0.39, 0.29) is 11.9 Å². The van der Waals surface area contributed by atoms with E-state index in [1.165, 1.54) is 20.0 Å². The van der Waals surface area contributed by atoms with E-state index in [2.05, 4.69) is 16.5 Å². The third-order valence-electron chi connectivity index (χ3n) is 4.50. The fraction of sp³-hybridized carbons (Fsp3) is 0.562. The maximum Gasteiger partial charge on any atom is 0.316 e. The Hall–Kier alpha value is -1.91. The summed E-state index contributed by atoms with van der Waals surface area (Å²) < 4.78 is 7.19. The average Bonchev–Trinajstić information content (AvgIpc) is 3.14. The van der Waals surface area contributed by atoms with Crippen molar-refractivity contribution in [1.29, 1.82) is 0 Å². The smallest absolute Gasteiger partial charge is 0.316 e. The Labute approximate surface area is 124 Å². The number of hydrogen-bond donors (Lipinski definition) is 0. The van der Waals surface area contributed by atoms with Gasteiger partial charge in [-0.05, 0) is 31.7 Å². The van der Waals surface area contributed by atoms with Crippen molar-refractivity contribution in [2.75, 3.05) is 7.11 Å². The molecule has 0 aromatic carbocycles. The predicted molar refractivity (Wildman–Crippen MR) is 79.9 cm³/mol. The zero-order valence-electron chi connectivity index (χ0n) is 12.6. The number of aromatic nitrogens is 3. The van der Waals surface area contributed by atoms with Crippen LogP contribution in [0.4, 0.5) is 0 Å². The molecule has 0 radical (unpaired) electrons. The van der Waals surface area contributed by atoms with E-state index >= 15 is 0 Å². The van der Waals surface area contributed by atoms with Gasteiger partial charge in [0.05, 0.1) is 18.8 Å². The first-order valence-corrected chi connectivity index (χ1v) is 7.64. The van der Waals surface area contributed by atoms with E-state index in [9.17, 15) is 4.79 Å². The first kappa shape index (κ1) is 14.0. The molecule has 2 aromatic rings. The number of imidazole rings is 1. The highest BCUT2D eigenvalue weighted by Crippen LogP contribution is 2.38. The lowest BCUT2D eigenvalue weighted by Gasteiger charge is -2.21. The summed E-state index contributed by atoms with van der Waals surface area (Å²) in [4.78, 5) is 21.2. The summed E-state index contributed by atoms with van der Waals surface area (Å²) in [7, 11) is 1.46. The lowest BCUT2D eigenvalue weighted by atomic mass is 9.90. The van der Waals surface area contributed by atoms with Gasteiger partial charge in [-0.15, -0.1) is 0 Å². The summed E-state index contributed by atoms with van der Waals surface area (Å²) in [6, 6.07) is 1.96. The summed E-state index contributed by atoms with van der Waals surface area (Å²) in [6.45, 7) is 2.87. The SMILES string of the molecule is CCn1c(C(C(=O)OC)C2CCCC2)nc2cnccc21. The van der Waals surface area contributed by atoms with Gasteiger partial charge in [-0.2, -0.15) is 0 Å². The molecule has 0 aliphatic heterocycles. The largest absolute Gasteiger partial charge is 0.468 e. The van der Waals surface area contributed by atoms with Gasteiger partial charge in [0.15, 0.2) is 0 Å². The fourth-order valence-electron chi connectivity index (χ4n) is 3.50. The van der Waals surface area contributed by atoms with E-state index in [0.717, 1.165) is 36.2 Å².